The second-order valence-corrected chi connectivity index (χ2v) is 4.02. The highest BCUT2D eigenvalue weighted by Gasteiger charge is 2.22. The first-order chi connectivity index (χ1) is 6.61. The highest BCUT2D eigenvalue weighted by molar-refractivity contribution is 5.39. The number of ether oxygens (including phenoxy) is 1. The lowest BCUT2D eigenvalue weighted by Gasteiger charge is -2.25. The largest absolute Gasteiger partial charge is 0.494 e. The first-order valence-electron chi connectivity index (χ1n) is 5.04. The van der Waals surface area contributed by atoms with Crippen molar-refractivity contribution in [3.8, 4) is 5.75 Å². The number of hydrogen-bond acceptors (Lipinski definition) is 2. The van der Waals surface area contributed by atoms with Crippen molar-refractivity contribution in [2.45, 2.75) is 26.2 Å². The Morgan fingerprint density at radius 2 is 1.93 bits per heavy atom. The van der Waals surface area contributed by atoms with Crippen molar-refractivity contribution < 1.29 is 4.74 Å². The van der Waals surface area contributed by atoms with Gasteiger partial charge in [-0.05, 0) is 13.0 Å². The molecular weight excluding hydrogens is 174 g/mol. The van der Waals surface area contributed by atoms with Crippen LogP contribution in [-0.2, 0) is 5.41 Å². The lowest BCUT2D eigenvalue weighted by Crippen LogP contribution is -2.28. The Bertz CT molecular complexity index is 294. The fraction of sp³-hybridized carbons (Fsp3) is 0.500. The summed E-state index contributed by atoms with van der Waals surface area (Å²) in [4.78, 5) is 0. The van der Waals surface area contributed by atoms with Crippen molar-refractivity contribution in [1.29, 1.82) is 0 Å². The molecule has 0 unspecified atom stereocenters. The fourth-order valence-electron chi connectivity index (χ4n) is 1.42. The summed E-state index contributed by atoms with van der Waals surface area (Å²) in [7, 11) is 0. The molecule has 0 amide bonds. The average molecular weight is 193 g/mol. The van der Waals surface area contributed by atoms with Crippen LogP contribution in [0.4, 0.5) is 0 Å². The molecule has 0 fully saturated rings. The highest BCUT2D eigenvalue weighted by atomic mass is 16.5. The van der Waals surface area contributed by atoms with E-state index in [9.17, 15) is 0 Å². The first-order valence-corrected chi connectivity index (χ1v) is 5.04. The third kappa shape index (κ3) is 2.26. The standard InChI is InChI=1S/C12H19NO/c1-4-14-11-8-6-5-7-10(11)12(2,3)9-13/h5-8H,4,9,13H2,1-3H3. The lowest BCUT2D eigenvalue weighted by atomic mass is 9.84. The maximum atomic E-state index is 5.75. The van der Waals surface area contributed by atoms with Gasteiger partial charge in [-0.15, -0.1) is 0 Å². The Morgan fingerprint density at radius 1 is 1.29 bits per heavy atom. The molecule has 2 N–H and O–H groups in total. The number of benzene rings is 1. The summed E-state index contributed by atoms with van der Waals surface area (Å²) in [6, 6.07) is 8.09. The molecule has 0 saturated carbocycles. The molecule has 0 atom stereocenters. The van der Waals surface area contributed by atoms with E-state index in [1.165, 1.54) is 5.56 Å². The molecule has 0 saturated heterocycles. The molecule has 2 nitrogen and oxygen atoms in total. The van der Waals surface area contributed by atoms with Crippen LogP contribution in [0.15, 0.2) is 24.3 Å². The minimum atomic E-state index is -0.0221. The molecule has 0 aliphatic heterocycles. The number of para-hydroxylation sites is 1. The SMILES string of the molecule is CCOc1ccccc1C(C)(C)CN. The predicted octanol–water partition coefficient (Wildman–Crippen LogP) is 2.32. The van der Waals surface area contributed by atoms with Crippen LogP contribution < -0.4 is 10.5 Å². The van der Waals surface area contributed by atoms with Crippen LogP contribution in [-0.4, -0.2) is 13.2 Å². The van der Waals surface area contributed by atoms with Crippen molar-refractivity contribution in [3.05, 3.63) is 29.8 Å². The number of nitrogens with two attached hydrogens (primary N) is 1. The van der Waals surface area contributed by atoms with E-state index in [-0.39, 0.29) is 5.41 Å². The van der Waals surface area contributed by atoms with Crippen molar-refractivity contribution >= 4 is 0 Å². The average Bonchev–Trinajstić information content (AvgIpc) is 2.19. The zero-order valence-electron chi connectivity index (χ0n) is 9.21. The summed E-state index contributed by atoms with van der Waals surface area (Å²) in [5, 5.41) is 0. The second-order valence-electron chi connectivity index (χ2n) is 4.02. The summed E-state index contributed by atoms with van der Waals surface area (Å²) < 4.78 is 5.57. The number of hydrogen-bond donors (Lipinski definition) is 1. The van der Waals surface area contributed by atoms with Gasteiger partial charge < -0.3 is 10.5 Å². The molecule has 0 radical (unpaired) electrons. The molecule has 0 spiro atoms. The summed E-state index contributed by atoms with van der Waals surface area (Å²) in [6.45, 7) is 7.57. The minimum absolute atomic E-state index is 0.0221. The quantitative estimate of drug-likeness (QED) is 0.796. The molecule has 1 aromatic rings. The van der Waals surface area contributed by atoms with Crippen LogP contribution in [0, 0.1) is 0 Å². The number of rotatable bonds is 4. The van der Waals surface area contributed by atoms with E-state index in [1.54, 1.807) is 0 Å². The van der Waals surface area contributed by atoms with E-state index in [4.69, 9.17) is 10.5 Å². The van der Waals surface area contributed by atoms with E-state index >= 15 is 0 Å². The molecule has 0 aliphatic rings. The smallest absolute Gasteiger partial charge is 0.123 e. The van der Waals surface area contributed by atoms with Crippen LogP contribution in [0.5, 0.6) is 5.75 Å². The van der Waals surface area contributed by atoms with E-state index < -0.39 is 0 Å². The Hall–Kier alpha value is -1.02. The molecule has 0 aromatic heterocycles. The molecule has 0 aliphatic carbocycles. The lowest BCUT2D eigenvalue weighted by molar-refractivity contribution is 0.328. The van der Waals surface area contributed by atoms with Crippen LogP contribution in [0.3, 0.4) is 0 Å². The van der Waals surface area contributed by atoms with Gasteiger partial charge in [-0.2, -0.15) is 0 Å². The Balaban J connectivity index is 3.06. The van der Waals surface area contributed by atoms with Gasteiger partial charge in [0.2, 0.25) is 0 Å². The molecule has 0 bridgehead atoms. The van der Waals surface area contributed by atoms with Crippen LogP contribution in [0.25, 0.3) is 0 Å². The van der Waals surface area contributed by atoms with Gasteiger partial charge in [0.15, 0.2) is 0 Å². The van der Waals surface area contributed by atoms with Crippen molar-refractivity contribution in [2.24, 2.45) is 5.73 Å². The molecule has 1 rings (SSSR count). The second kappa shape index (κ2) is 4.47. The normalized spacial score (nSPS) is 11.4. The zero-order chi connectivity index (χ0) is 10.6. The minimum Gasteiger partial charge on any atom is -0.494 e. The molecule has 78 valence electrons. The molecule has 2 heteroatoms. The van der Waals surface area contributed by atoms with Gasteiger partial charge in [0.25, 0.3) is 0 Å². The van der Waals surface area contributed by atoms with Crippen molar-refractivity contribution in [1.82, 2.24) is 0 Å². The maximum absolute atomic E-state index is 5.75. The van der Waals surface area contributed by atoms with E-state index in [0.29, 0.717) is 13.2 Å². The molecular formula is C12H19NO. The third-order valence-electron chi connectivity index (χ3n) is 2.43. The van der Waals surface area contributed by atoms with E-state index in [2.05, 4.69) is 19.9 Å². The first kappa shape index (κ1) is 11.1. The summed E-state index contributed by atoms with van der Waals surface area (Å²) >= 11 is 0. The summed E-state index contributed by atoms with van der Waals surface area (Å²) in [6.07, 6.45) is 0. The van der Waals surface area contributed by atoms with Crippen LogP contribution in [0.1, 0.15) is 26.3 Å². The topological polar surface area (TPSA) is 35.2 Å². The van der Waals surface area contributed by atoms with Crippen LogP contribution >= 0.6 is 0 Å². The van der Waals surface area contributed by atoms with Gasteiger partial charge in [0.05, 0.1) is 6.61 Å². The molecule has 14 heavy (non-hydrogen) atoms. The van der Waals surface area contributed by atoms with E-state index in [0.717, 1.165) is 5.75 Å². The van der Waals surface area contributed by atoms with Gasteiger partial charge >= 0.3 is 0 Å². The van der Waals surface area contributed by atoms with Gasteiger partial charge in [0, 0.05) is 17.5 Å². The zero-order valence-corrected chi connectivity index (χ0v) is 9.21. The third-order valence-corrected chi connectivity index (χ3v) is 2.43. The van der Waals surface area contributed by atoms with Gasteiger partial charge in [0.1, 0.15) is 5.75 Å². The molecule has 1 aromatic carbocycles. The molecule has 0 heterocycles. The van der Waals surface area contributed by atoms with Crippen molar-refractivity contribution in [2.75, 3.05) is 13.2 Å². The highest BCUT2D eigenvalue weighted by Crippen LogP contribution is 2.30. The van der Waals surface area contributed by atoms with E-state index in [1.807, 2.05) is 25.1 Å². The maximum Gasteiger partial charge on any atom is 0.123 e. The summed E-state index contributed by atoms with van der Waals surface area (Å²) in [5.41, 5.74) is 6.91. The monoisotopic (exact) mass is 193 g/mol. The Morgan fingerprint density at radius 3 is 2.50 bits per heavy atom. The Labute approximate surface area is 86.1 Å². The van der Waals surface area contributed by atoms with Gasteiger partial charge in [-0.25, -0.2) is 0 Å². The van der Waals surface area contributed by atoms with Crippen LogP contribution in [0.2, 0.25) is 0 Å². The van der Waals surface area contributed by atoms with Crippen molar-refractivity contribution in [3.63, 3.8) is 0 Å². The summed E-state index contributed by atoms with van der Waals surface area (Å²) in [5.74, 6) is 0.949. The fourth-order valence-corrected chi connectivity index (χ4v) is 1.42. The van der Waals surface area contributed by atoms with Gasteiger partial charge in [-0.1, -0.05) is 32.0 Å². The van der Waals surface area contributed by atoms with Gasteiger partial charge in [-0.3, -0.25) is 0 Å². The Kier molecular flexibility index (Phi) is 3.53. The predicted molar refractivity (Wildman–Crippen MR) is 59.7 cm³/mol.